The van der Waals surface area contributed by atoms with E-state index in [1.54, 1.807) is 6.26 Å². The van der Waals surface area contributed by atoms with Gasteiger partial charge in [0.2, 0.25) is 0 Å². The molecule has 0 aromatic carbocycles. The highest BCUT2D eigenvalue weighted by Gasteiger charge is 2.24. The van der Waals surface area contributed by atoms with E-state index in [1.807, 2.05) is 6.07 Å². The summed E-state index contributed by atoms with van der Waals surface area (Å²) in [4.78, 5) is 0. The van der Waals surface area contributed by atoms with Gasteiger partial charge in [-0.1, -0.05) is 0 Å². The molecule has 14 heavy (non-hydrogen) atoms. The van der Waals surface area contributed by atoms with Gasteiger partial charge in [-0.3, -0.25) is 0 Å². The molecule has 2 heterocycles. The van der Waals surface area contributed by atoms with E-state index in [0.717, 1.165) is 30.7 Å². The molecule has 2 rings (SSSR count). The number of ether oxygens (including phenoxy) is 1. The maximum absolute atomic E-state index is 6.22. The van der Waals surface area contributed by atoms with Crippen molar-refractivity contribution in [1.29, 1.82) is 0 Å². The molecule has 1 saturated heterocycles. The van der Waals surface area contributed by atoms with E-state index >= 15 is 0 Å². The number of furan rings is 1. The van der Waals surface area contributed by atoms with E-state index in [-0.39, 0.29) is 5.38 Å². The molecule has 2 nitrogen and oxygen atoms in total. The number of rotatable bonds is 2. The number of halogens is 2. The van der Waals surface area contributed by atoms with Crippen molar-refractivity contribution in [3.8, 4) is 0 Å². The van der Waals surface area contributed by atoms with Crippen LogP contribution in [0.2, 0.25) is 0 Å². The predicted octanol–water partition coefficient (Wildman–Crippen LogP) is 3.23. The average molecular weight is 280 g/mol. The topological polar surface area (TPSA) is 22.4 Å². The fourth-order valence-electron chi connectivity index (χ4n) is 1.71. The van der Waals surface area contributed by atoms with Crippen molar-refractivity contribution in [2.24, 2.45) is 5.92 Å². The van der Waals surface area contributed by atoms with Crippen molar-refractivity contribution in [3.05, 3.63) is 22.6 Å². The molecule has 0 amide bonds. The Hall–Kier alpha value is 0.01000. The summed E-state index contributed by atoms with van der Waals surface area (Å²) in [6.07, 6.45) is 3.65. The Morgan fingerprint density at radius 1 is 1.57 bits per heavy atom. The van der Waals surface area contributed by atoms with Gasteiger partial charge in [-0.15, -0.1) is 11.6 Å². The highest BCUT2D eigenvalue weighted by atomic mass is 79.9. The zero-order valence-corrected chi connectivity index (χ0v) is 10.1. The Balaban J connectivity index is 1.95. The fourth-order valence-corrected chi connectivity index (χ4v) is 2.35. The SMILES string of the molecule is ClC1CCOCC1Cc1coc(Br)c1. The molecular weight excluding hydrogens is 267 g/mol. The van der Waals surface area contributed by atoms with Crippen LogP contribution in [0.5, 0.6) is 0 Å². The van der Waals surface area contributed by atoms with E-state index < -0.39 is 0 Å². The van der Waals surface area contributed by atoms with Crippen molar-refractivity contribution < 1.29 is 9.15 Å². The van der Waals surface area contributed by atoms with Crippen molar-refractivity contribution in [1.82, 2.24) is 0 Å². The van der Waals surface area contributed by atoms with Gasteiger partial charge in [0.05, 0.1) is 12.9 Å². The summed E-state index contributed by atoms with van der Waals surface area (Å²) < 4.78 is 11.4. The van der Waals surface area contributed by atoms with Gasteiger partial charge in [0, 0.05) is 17.9 Å². The van der Waals surface area contributed by atoms with Crippen LogP contribution in [-0.4, -0.2) is 18.6 Å². The first-order valence-electron chi connectivity index (χ1n) is 4.70. The van der Waals surface area contributed by atoms with Crippen LogP contribution >= 0.6 is 27.5 Å². The Kier molecular flexibility index (Phi) is 3.52. The lowest BCUT2D eigenvalue weighted by Crippen LogP contribution is -2.29. The molecule has 1 aliphatic heterocycles. The quantitative estimate of drug-likeness (QED) is 0.776. The van der Waals surface area contributed by atoms with Crippen LogP contribution in [0.1, 0.15) is 12.0 Å². The van der Waals surface area contributed by atoms with Crippen LogP contribution in [0.4, 0.5) is 0 Å². The molecule has 0 spiro atoms. The second kappa shape index (κ2) is 4.69. The number of hydrogen-bond donors (Lipinski definition) is 0. The minimum absolute atomic E-state index is 0.234. The third-order valence-corrected chi connectivity index (χ3v) is 3.49. The smallest absolute Gasteiger partial charge is 0.169 e. The molecule has 0 bridgehead atoms. The molecule has 2 unspecified atom stereocenters. The van der Waals surface area contributed by atoms with E-state index in [4.69, 9.17) is 20.8 Å². The lowest BCUT2D eigenvalue weighted by Gasteiger charge is -2.26. The Morgan fingerprint density at radius 3 is 3.07 bits per heavy atom. The lowest BCUT2D eigenvalue weighted by molar-refractivity contribution is 0.0577. The largest absolute Gasteiger partial charge is 0.457 e. The van der Waals surface area contributed by atoms with Gasteiger partial charge in [-0.25, -0.2) is 0 Å². The lowest BCUT2D eigenvalue weighted by atomic mass is 9.95. The van der Waals surface area contributed by atoms with Crippen LogP contribution in [0, 0.1) is 5.92 Å². The zero-order chi connectivity index (χ0) is 9.97. The van der Waals surface area contributed by atoms with Crippen molar-refractivity contribution >= 4 is 27.5 Å². The van der Waals surface area contributed by atoms with Gasteiger partial charge in [0.25, 0.3) is 0 Å². The number of hydrogen-bond acceptors (Lipinski definition) is 2. The maximum atomic E-state index is 6.22. The minimum atomic E-state index is 0.234. The van der Waals surface area contributed by atoms with E-state index in [0.29, 0.717) is 5.92 Å². The van der Waals surface area contributed by atoms with E-state index in [1.165, 1.54) is 5.56 Å². The monoisotopic (exact) mass is 278 g/mol. The Labute approximate surface area is 96.7 Å². The third-order valence-electron chi connectivity index (χ3n) is 2.50. The van der Waals surface area contributed by atoms with Crippen LogP contribution in [0.15, 0.2) is 21.4 Å². The van der Waals surface area contributed by atoms with Crippen LogP contribution in [-0.2, 0) is 11.2 Å². The van der Waals surface area contributed by atoms with Crippen LogP contribution in [0.3, 0.4) is 0 Å². The highest BCUT2D eigenvalue weighted by Crippen LogP contribution is 2.25. The molecule has 0 radical (unpaired) electrons. The fraction of sp³-hybridized carbons (Fsp3) is 0.600. The van der Waals surface area contributed by atoms with Gasteiger partial charge in [0.1, 0.15) is 0 Å². The second-order valence-corrected chi connectivity index (χ2v) is 4.95. The van der Waals surface area contributed by atoms with Crippen molar-refractivity contribution in [2.75, 3.05) is 13.2 Å². The first kappa shape index (κ1) is 10.5. The first-order chi connectivity index (χ1) is 6.75. The molecule has 0 saturated carbocycles. The molecule has 1 fully saturated rings. The molecule has 1 aliphatic rings. The third kappa shape index (κ3) is 2.53. The van der Waals surface area contributed by atoms with Gasteiger partial charge < -0.3 is 9.15 Å². The minimum Gasteiger partial charge on any atom is -0.457 e. The van der Waals surface area contributed by atoms with Crippen LogP contribution < -0.4 is 0 Å². The van der Waals surface area contributed by atoms with Gasteiger partial charge in [-0.2, -0.15) is 0 Å². The van der Waals surface area contributed by atoms with Gasteiger partial charge in [-0.05, 0) is 40.4 Å². The summed E-state index contributed by atoms with van der Waals surface area (Å²) in [7, 11) is 0. The average Bonchev–Trinajstić information content (AvgIpc) is 2.56. The van der Waals surface area contributed by atoms with Gasteiger partial charge in [0.15, 0.2) is 4.67 Å². The van der Waals surface area contributed by atoms with Crippen LogP contribution in [0.25, 0.3) is 0 Å². The van der Waals surface area contributed by atoms with Crippen molar-refractivity contribution in [2.45, 2.75) is 18.2 Å². The van der Waals surface area contributed by atoms with Gasteiger partial charge >= 0.3 is 0 Å². The summed E-state index contributed by atoms with van der Waals surface area (Å²) in [6, 6.07) is 1.98. The molecule has 1 aromatic rings. The predicted molar refractivity (Wildman–Crippen MR) is 58.7 cm³/mol. The summed E-state index contributed by atoms with van der Waals surface area (Å²) in [5.74, 6) is 0.412. The Bertz CT molecular complexity index is 300. The van der Waals surface area contributed by atoms with E-state index in [9.17, 15) is 0 Å². The maximum Gasteiger partial charge on any atom is 0.169 e. The molecule has 0 aliphatic carbocycles. The summed E-state index contributed by atoms with van der Waals surface area (Å²) in [6.45, 7) is 1.55. The highest BCUT2D eigenvalue weighted by molar-refractivity contribution is 9.10. The molecule has 78 valence electrons. The molecular formula is C10H12BrClO2. The number of alkyl halides is 1. The summed E-state index contributed by atoms with van der Waals surface area (Å²) in [5.41, 5.74) is 1.18. The summed E-state index contributed by atoms with van der Waals surface area (Å²) >= 11 is 9.50. The van der Waals surface area contributed by atoms with Crippen molar-refractivity contribution in [3.63, 3.8) is 0 Å². The molecule has 4 heteroatoms. The zero-order valence-electron chi connectivity index (χ0n) is 7.71. The summed E-state index contributed by atoms with van der Waals surface area (Å²) in [5, 5.41) is 0.234. The molecule has 0 N–H and O–H groups in total. The standard InChI is InChI=1S/C10H12BrClO2/c11-10-4-7(5-14-10)3-8-6-13-2-1-9(8)12/h4-5,8-9H,1-3,6H2. The normalized spacial score (nSPS) is 27.9. The first-order valence-corrected chi connectivity index (χ1v) is 5.93. The van der Waals surface area contributed by atoms with E-state index in [2.05, 4.69) is 15.9 Å². The second-order valence-electron chi connectivity index (χ2n) is 3.60. The Morgan fingerprint density at radius 2 is 2.43 bits per heavy atom. The molecule has 1 aromatic heterocycles. The molecule has 2 atom stereocenters.